The molecule has 0 bridgehead atoms. The normalized spacial score (nSPS) is 25.9. The van der Waals surface area contributed by atoms with Crippen LogP contribution in [0.4, 0.5) is 5.82 Å². The molecule has 0 saturated carbocycles. The van der Waals surface area contributed by atoms with Crippen molar-refractivity contribution >= 4 is 5.82 Å². The molecule has 4 heteroatoms. The molecule has 82 valence electrons. The fourth-order valence-corrected chi connectivity index (χ4v) is 2.20. The number of aryl methyl sites for hydroxylation is 1. The molecule has 2 heterocycles. The molecule has 1 aromatic rings. The highest BCUT2D eigenvalue weighted by Crippen LogP contribution is 2.27. The van der Waals surface area contributed by atoms with Crippen molar-refractivity contribution in [1.29, 1.82) is 0 Å². The molecule has 15 heavy (non-hydrogen) atoms. The van der Waals surface area contributed by atoms with Crippen molar-refractivity contribution in [2.24, 2.45) is 11.7 Å². The van der Waals surface area contributed by atoms with Gasteiger partial charge in [0, 0.05) is 19.1 Å². The monoisotopic (exact) mass is 206 g/mol. The highest BCUT2D eigenvalue weighted by atomic mass is 15.3. The summed E-state index contributed by atoms with van der Waals surface area (Å²) >= 11 is 0. The van der Waals surface area contributed by atoms with Crippen molar-refractivity contribution in [1.82, 2.24) is 10.2 Å². The van der Waals surface area contributed by atoms with Crippen LogP contribution in [0.3, 0.4) is 0 Å². The van der Waals surface area contributed by atoms with E-state index in [-0.39, 0.29) is 0 Å². The zero-order chi connectivity index (χ0) is 10.8. The fourth-order valence-electron chi connectivity index (χ4n) is 2.20. The molecule has 2 rings (SSSR count). The van der Waals surface area contributed by atoms with Gasteiger partial charge < -0.3 is 10.6 Å². The third kappa shape index (κ3) is 1.95. The van der Waals surface area contributed by atoms with Gasteiger partial charge in [0.05, 0.1) is 5.69 Å². The second-order valence-electron chi connectivity index (χ2n) is 4.30. The highest BCUT2D eigenvalue weighted by Gasteiger charge is 2.30. The van der Waals surface area contributed by atoms with E-state index in [0.717, 1.165) is 18.1 Å². The van der Waals surface area contributed by atoms with Crippen LogP contribution in [-0.2, 0) is 0 Å². The van der Waals surface area contributed by atoms with Gasteiger partial charge in [-0.3, -0.25) is 0 Å². The maximum absolute atomic E-state index is 5.79. The van der Waals surface area contributed by atoms with E-state index in [0.29, 0.717) is 18.5 Å². The average molecular weight is 206 g/mol. The number of rotatable bonds is 2. The van der Waals surface area contributed by atoms with Crippen LogP contribution in [0.1, 0.15) is 19.0 Å². The van der Waals surface area contributed by atoms with Crippen LogP contribution in [0.2, 0.25) is 0 Å². The van der Waals surface area contributed by atoms with E-state index in [1.807, 2.05) is 19.1 Å². The Labute approximate surface area is 90.5 Å². The largest absolute Gasteiger partial charge is 0.351 e. The van der Waals surface area contributed by atoms with Gasteiger partial charge in [0.15, 0.2) is 5.82 Å². The summed E-state index contributed by atoms with van der Waals surface area (Å²) in [4.78, 5) is 2.27. The minimum atomic E-state index is 0.419. The minimum Gasteiger partial charge on any atom is -0.351 e. The Bertz CT molecular complexity index is 322. The number of hydrogen-bond donors (Lipinski definition) is 1. The number of nitrogens with two attached hydrogens (primary N) is 1. The molecular weight excluding hydrogens is 188 g/mol. The Morgan fingerprint density at radius 3 is 2.87 bits per heavy atom. The van der Waals surface area contributed by atoms with Crippen LogP contribution in [0, 0.1) is 12.8 Å². The van der Waals surface area contributed by atoms with E-state index in [1.165, 1.54) is 6.42 Å². The highest BCUT2D eigenvalue weighted by molar-refractivity contribution is 5.40. The predicted octanol–water partition coefficient (Wildman–Crippen LogP) is 0.959. The maximum Gasteiger partial charge on any atom is 0.151 e. The number of aromatic nitrogens is 2. The second-order valence-corrected chi connectivity index (χ2v) is 4.30. The first-order valence-corrected chi connectivity index (χ1v) is 5.49. The zero-order valence-corrected chi connectivity index (χ0v) is 9.35. The lowest BCUT2D eigenvalue weighted by Gasteiger charge is -2.26. The molecule has 0 aromatic carbocycles. The van der Waals surface area contributed by atoms with Crippen LogP contribution in [0.25, 0.3) is 0 Å². The van der Waals surface area contributed by atoms with Crippen molar-refractivity contribution in [2.45, 2.75) is 26.3 Å². The van der Waals surface area contributed by atoms with E-state index in [4.69, 9.17) is 5.73 Å². The Kier molecular flexibility index (Phi) is 2.86. The summed E-state index contributed by atoms with van der Waals surface area (Å²) in [6.07, 6.45) is 1.19. The summed E-state index contributed by atoms with van der Waals surface area (Å²) in [6, 6.07) is 4.45. The first kappa shape index (κ1) is 10.4. The van der Waals surface area contributed by atoms with Crippen molar-refractivity contribution in [3.8, 4) is 0 Å². The SMILES string of the molecule is Cc1ccc(N2CCC(C)C2CN)nn1. The van der Waals surface area contributed by atoms with Crippen molar-refractivity contribution in [2.75, 3.05) is 18.0 Å². The topological polar surface area (TPSA) is 55.0 Å². The Morgan fingerprint density at radius 1 is 1.47 bits per heavy atom. The van der Waals surface area contributed by atoms with Gasteiger partial charge in [0.1, 0.15) is 0 Å². The lowest BCUT2D eigenvalue weighted by atomic mass is 10.0. The number of nitrogens with zero attached hydrogens (tertiary/aromatic N) is 3. The molecule has 1 saturated heterocycles. The molecule has 1 fully saturated rings. The van der Waals surface area contributed by atoms with Gasteiger partial charge in [0.2, 0.25) is 0 Å². The van der Waals surface area contributed by atoms with Gasteiger partial charge in [-0.15, -0.1) is 5.10 Å². The van der Waals surface area contributed by atoms with E-state index < -0.39 is 0 Å². The third-order valence-corrected chi connectivity index (χ3v) is 3.20. The van der Waals surface area contributed by atoms with Crippen molar-refractivity contribution < 1.29 is 0 Å². The van der Waals surface area contributed by atoms with Crippen LogP contribution < -0.4 is 10.6 Å². The van der Waals surface area contributed by atoms with Crippen LogP contribution in [-0.4, -0.2) is 29.3 Å². The number of anilines is 1. The average Bonchev–Trinajstić information content (AvgIpc) is 2.61. The summed E-state index contributed by atoms with van der Waals surface area (Å²) in [7, 11) is 0. The van der Waals surface area contributed by atoms with E-state index in [9.17, 15) is 0 Å². The molecule has 0 spiro atoms. The second kappa shape index (κ2) is 4.14. The smallest absolute Gasteiger partial charge is 0.151 e. The van der Waals surface area contributed by atoms with Crippen molar-refractivity contribution in [3.05, 3.63) is 17.8 Å². The van der Waals surface area contributed by atoms with Crippen LogP contribution in [0.15, 0.2) is 12.1 Å². The molecule has 2 N–H and O–H groups in total. The summed E-state index contributed by atoms with van der Waals surface area (Å²) in [6.45, 7) is 5.93. The van der Waals surface area contributed by atoms with Gasteiger partial charge in [-0.25, -0.2) is 0 Å². The Balaban J connectivity index is 2.20. The Morgan fingerprint density at radius 2 is 2.27 bits per heavy atom. The fraction of sp³-hybridized carbons (Fsp3) is 0.636. The molecule has 0 radical (unpaired) electrons. The van der Waals surface area contributed by atoms with Crippen LogP contribution >= 0.6 is 0 Å². The molecule has 2 unspecified atom stereocenters. The maximum atomic E-state index is 5.79. The molecule has 1 aliphatic heterocycles. The standard InChI is InChI=1S/C11H18N4/c1-8-5-6-15(10(8)7-12)11-4-3-9(2)13-14-11/h3-4,8,10H,5-7,12H2,1-2H3. The first-order valence-electron chi connectivity index (χ1n) is 5.49. The minimum absolute atomic E-state index is 0.419. The van der Waals surface area contributed by atoms with Crippen LogP contribution in [0.5, 0.6) is 0 Å². The van der Waals surface area contributed by atoms with Gasteiger partial charge in [-0.05, 0) is 31.4 Å². The first-order chi connectivity index (χ1) is 7.22. The van der Waals surface area contributed by atoms with Gasteiger partial charge >= 0.3 is 0 Å². The summed E-state index contributed by atoms with van der Waals surface area (Å²) in [5.41, 5.74) is 6.75. The molecule has 0 aliphatic carbocycles. The lowest BCUT2D eigenvalue weighted by Crippen LogP contribution is -2.38. The zero-order valence-electron chi connectivity index (χ0n) is 9.35. The lowest BCUT2D eigenvalue weighted by molar-refractivity contribution is 0.516. The van der Waals surface area contributed by atoms with Gasteiger partial charge in [-0.1, -0.05) is 6.92 Å². The third-order valence-electron chi connectivity index (χ3n) is 3.20. The summed E-state index contributed by atoms with van der Waals surface area (Å²) in [5.74, 6) is 1.61. The molecular formula is C11H18N4. The van der Waals surface area contributed by atoms with Gasteiger partial charge in [-0.2, -0.15) is 5.10 Å². The van der Waals surface area contributed by atoms with E-state index in [2.05, 4.69) is 22.0 Å². The molecule has 1 aromatic heterocycles. The van der Waals surface area contributed by atoms with E-state index >= 15 is 0 Å². The van der Waals surface area contributed by atoms with E-state index in [1.54, 1.807) is 0 Å². The number of hydrogen-bond acceptors (Lipinski definition) is 4. The van der Waals surface area contributed by atoms with Gasteiger partial charge in [0.25, 0.3) is 0 Å². The summed E-state index contributed by atoms with van der Waals surface area (Å²) < 4.78 is 0. The molecule has 1 aliphatic rings. The molecule has 0 amide bonds. The quantitative estimate of drug-likeness (QED) is 0.783. The molecule has 4 nitrogen and oxygen atoms in total. The summed E-state index contributed by atoms with van der Waals surface area (Å²) in [5, 5.41) is 8.30. The molecule has 2 atom stereocenters. The predicted molar refractivity (Wildman–Crippen MR) is 60.7 cm³/mol. The Hall–Kier alpha value is -1.16. The van der Waals surface area contributed by atoms with Crippen molar-refractivity contribution in [3.63, 3.8) is 0 Å².